The number of carbonyl (C=O) groups excluding carboxylic acids is 3. The number of ether oxygens (including phenoxy) is 3. The molecule has 1 atom stereocenters. The summed E-state index contributed by atoms with van der Waals surface area (Å²) in [5.41, 5.74) is 0. The van der Waals surface area contributed by atoms with Crippen LogP contribution in [0, 0.1) is 0 Å². The van der Waals surface area contributed by atoms with Gasteiger partial charge in [0.2, 0.25) is 0 Å². The second-order valence-electron chi connectivity index (χ2n) is 19.1. The van der Waals surface area contributed by atoms with Crippen molar-refractivity contribution >= 4 is 17.9 Å². The molecule has 392 valence electrons. The summed E-state index contributed by atoms with van der Waals surface area (Å²) in [4.78, 5) is 38.1. The number of hydrogen-bond donors (Lipinski definition) is 0. The van der Waals surface area contributed by atoms with Crippen molar-refractivity contribution in [2.24, 2.45) is 0 Å². The molecular formula is C62H108O6. The maximum absolute atomic E-state index is 12.9. The van der Waals surface area contributed by atoms with E-state index in [0.717, 1.165) is 122 Å². The normalized spacial score (nSPS) is 12.6. The lowest BCUT2D eigenvalue weighted by Crippen LogP contribution is -2.30. The lowest BCUT2D eigenvalue weighted by molar-refractivity contribution is -0.167. The maximum atomic E-state index is 12.9. The summed E-state index contributed by atoms with van der Waals surface area (Å²) in [5.74, 6) is -0.902. The Morgan fingerprint density at radius 2 is 0.574 bits per heavy atom. The fraction of sp³-hybridized carbons (Fsp3) is 0.758. The van der Waals surface area contributed by atoms with Gasteiger partial charge in [-0.1, -0.05) is 254 Å². The molecule has 0 aromatic heterocycles. The molecule has 0 aliphatic heterocycles. The van der Waals surface area contributed by atoms with E-state index in [0.29, 0.717) is 19.3 Å². The molecule has 0 heterocycles. The van der Waals surface area contributed by atoms with Crippen LogP contribution in [0.15, 0.2) is 72.9 Å². The van der Waals surface area contributed by atoms with Crippen LogP contribution in [-0.4, -0.2) is 37.2 Å². The average Bonchev–Trinajstić information content (AvgIpc) is 3.34. The van der Waals surface area contributed by atoms with E-state index in [2.05, 4.69) is 93.7 Å². The van der Waals surface area contributed by atoms with Crippen molar-refractivity contribution in [3.05, 3.63) is 72.9 Å². The van der Waals surface area contributed by atoms with Crippen molar-refractivity contribution in [1.82, 2.24) is 0 Å². The summed E-state index contributed by atoms with van der Waals surface area (Å²) in [5, 5.41) is 0. The lowest BCUT2D eigenvalue weighted by atomic mass is 10.0. The van der Waals surface area contributed by atoms with E-state index in [1.54, 1.807) is 0 Å². The van der Waals surface area contributed by atoms with Crippen LogP contribution in [0.4, 0.5) is 0 Å². The van der Waals surface area contributed by atoms with Crippen molar-refractivity contribution in [2.75, 3.05) is 13.2 Å². The van der Waals surface area contributed by atoms with Crippen molar-refractivity contribution in [3.63, 3.8) is 0 Å². The van der Waals surface area contributed by atoms with Crippen LogP contribution in [0.2, 0.25) is 0 Å². The second kappa shape index (κ2) is 56.4. The van der Waals surface area contributed by atoms with Gasteiger partial charge in [-0.05, 0) is 83.5 Å². The lowest BCUT2D eigenvalue weighted by Gasteiger charge is -2.18. The third-order valence-electron chi connectivity index (χ3n) is 12.5. The van der Waals surface area contributed by atoms with Gasteiger partial charge in [0.25, 0.3) is 0 Å². The first-order chi connectivity index (χ1) is 33.5. The Labute approximate surface area is 421 Å². The van der Waals surface area contributed by atoms with Gasteiger partial charge < -0.3 is 14.2 Å². The van der Waals surface area contributed by atoms with E-state index in [1.165, 1.54) is 122 Å². The molecule has 0 aromatic rings. The highest BCUT2D eigenvalue weighted by Crippen LogP contribution is 2.16. The molecule has 0 saturated carbocycles. The van der Waals surface area contributed by atoms with Crippen LogP contribution in [0.5, 0.6) is 0 Å². The zero-order valence-electron chi connectivity index (χ0n) is 44.9. The zero-order valence-corrected chi connectivity index (χ0v) is 44.9. The summed E-state index contributed by atoms with van der Waals surface area (Å²) in [7, 11) is 0. The number of carbonyl (C=O) groups is 3. The Hall–Kier alpha value is -3.15. The highest BCUT2D eigenvalue weighted by molar-refractivity contribution is 5.71. The number of esters is 3. The molecule has 1 unspecified atom stereocenters. The van der Waals surface area contributed by atoms with Gasteiger partial charge >= 0.3 is 17.9 Å². The topological polar surface area (TPSA) is 78.9 Å². The summed E-state index contributed by atoms with van der Waals surface area (Å²) < 4.78 is 16.9. The Morgan fingerprint density at radius 1 is 0.309 bits per heavy atom. The standard InChI is InChI=1S/C62H108O6/c1-4-7-10-13-16-19-22-25-27-29-31-33-35-37-40-43-46-49-52-55-61(64)67-58-59(57-66-60(63)54-51-48-45-42-39-24-21-18-15-12-9-6-3)68-62(65)56-53-50-47-44-41-38-36-34-32-30-28-26-23-20-17-14-11-8-5-2/h7,9-10,12,16,18-19,21,25,27,31,33,59H,4-6,8,11,13-15,17,20,22-24,26,28-30,32,34-58H2,1-3H3/b10-7-,12-9-,19-16-,21-18-,27-25-,33-31-. The second-order valence-corrected chi connectivity index (χ2v) is 19.1. The summed E-state index contributed by atoms with van der Waals surface area (Å²) in [6.07, 6.45) is 71.8. The largest absolute Gasteiger partial charge is 0.462 e. The van der Waals surface area contributed by atoms with Crippen LogP contribution < -0.4 is 0 Å². The third-order valence-corrected chi connectivity index (χ3v) is 12.5. The monoisotopic (exact) mass is 949 g/mol. The van der Waals surface area contributed by atoms with Gasteiger partial charge in [0, 0.05) is 19.3 Å². The van der Waals surface area contributed by atoms with E-state index < -0.39 is 6.10 Å². The molecule has 0 bridgehead atoms. The number of unbranched alkanes of at least 4 members (excludes halogenated alkanes) is 29. The predicted molar refractivity (Wildman–Crippen MR) is 293 cm³/mol. The molecule has 68 heavy (non-hydrogen) atoms. The van der Waals surface area contributed by atoms with Gasteiger partial charge in [0.15, 0.2) is 6.10 Å². The summed E-state index contributed by atoms with van der Waals surface area (Å²) in [6, 6.07) is 0. The Balaban J connectivity index is 4.36. The van der Waals surface area contributed by atoms with Gasteiger partial charge in [0.1, 0.15) is 13.2 Å². The van der Waals surface area contributed by atoms with Crippen LogP contribution in [0.3, 0.4) is 0 Å². The van der Waals surface area contributed by atoms with Crippen molar-refractivity contribution in [3.8, 4) is 0 Å². The minimum Gasteiger partial charge on any atom is -0.462 e. The van der Waals surface area contributed by atoms with Gasteiger partial charge in [-0.25, -0.2) is 0 Å². The van der Waals surface area contributed by atoms with Crippen molar-refractivity contribution < 1.29 is 28.6 Å². The first-order valence-corrected chi connectivity index (χ1v) is 28.9. The molecule has 0 rings (SSSR count). The molecule has 0 aliphatic rings. The molecule has 0 aliphatic carbocycles. The minimum atomic E-state index is -0.786. The van der Waals surface area contributed by atoms with Crippen LogP contribution >= 0.6 is 0 Å². The fourth-order valence-corrected chi connectivity index (χ4v) is 8.18. The number of hydrogen-bond acceptors (Lipinski definition) is 6. The van der Waals surface area contributed by atoms with Crippen LogP contribution in [-0.2, 0) is 28.6 Å². The first-order valence-electron chi connectivity index (χ1n) is 28.9. The Morgan fingerprint density at radius 3 is 0.897 bits per heavy atom. The van der Waals surface area contributed by atoms with E-state index in [-0.39, 0.29) is 31.1 Å². The summed E-state index contributed by atoms with van der Waals surface area (Å²) >= 11 is 0. The zero-order chi connectivity index (χ0) is 49.3. The number of rotatable bonds is 52. The van der Waals surface area contributed by atoms with E-state index in [1.807, 2.05) is 0 Å². The van der Waals surface area contributed by atoms with Crippen molar-refractivity contribution in [1.29, 1.82) is 0 Å². The molecule has 6 heteroatoms. The van der Waals surface area contributed by atoms with E-state index in [4.69, 9.17) is 14.2 Å². The average molecular weight is 950 g/mol. The fourth-order valence-electron chi connectivity index (χ4n) is 8.18. The van der Waals surface area contributed by atoms with Crippen molar-refractivity contribution in [2.45, 2.75) is 290 Å². The van der Waals surface area contributed by atoms with Gasteiger partial charge in [0.05, 0.1) is 0 Å². The number of allylic oxidation sites excluding steroid dienone is 12. The quantitative estimate of drug-likeness (QED) is 0.0262. The third kappa shape index (κ3) is 53.8. The SMILES string of the molecule is CC/C=C\C/C=C\C/C=C\C/C=C\CCCCCCCCC(=O)OCC(COC(=O)CCCCCCC/C=C\C/C=C\CC)OC(=O)CCCCCCCCCCCCCCCCCCCCC. The molecule has 0 spiro atoms. The minimum absolute atomic E-state index is 0.0856. The van der Waals surface area contributed by atoms with Gasteiger partial charge in [-0.3, -0.25) is 14.4 Å². The molecule has 0 radical (unpaired) electrons. The highest BCUT2D eigenvalue weighted by Gasteiger charge is 2.19. The van der Waals surface area contributed by atoms with Crippen LogP contribution in [0.25, 0.3) is 0 Å². The molecule has 6 nitrogen and oxygen atoms in total. The Bertz CT molecular complexity index is 1270. The maximum Gasteiger partial charge on any atom is 0.306 e. The summed E-state index contributed by atoms with van der Waals surface area (Å²) in [6.45, 7) is 6.42. The van der Waals surface area contributed by atoms with E-state index in [9.17, 15) is 14.4 Å². The first kappa shape index (κ1) is 64.8. The smallest absolute Gasteiger partial charge is 0.306 e. The molecule has 0 fully saturated rings. The molecule has 0 amide bonds. The van der Waals surface area contributed by atoms with E-state index >= 15 is 0 Å². The van der Waals surface area contributed by atoms with Gasteiger partial charge in [-0.15, -0.1) is 0 Å². The molecule has 0 saturated heterocycles. The molecule has 0 N–H and O–H groups in total. The predicted octanol–water partition coefficient (Wildman–Crippen LogP) is 19.4. The highest BCUT2D eigenvalue weighted by atomic mass is 16.6. The van der Waals surface area contributed by atoms with Crippen LogP contribution in [0.1, 0.15) is 284 Å². The molecule has 0 aromatic carbocycles. The van der Waals surface area contributed by atoms with Gasteiger partial charge in [-0.2, -0.15) is 0 Å². The Kier molecular flexibility index (Phi) is 53.8. The molecular weight excluding hydrogens is 841 g/mol.